The van der Waals surface area contributed by atoms with Crippen molar-refractivity contribution in [2.75, 3.05) is 0 Å². The van der Waals surface area contributed by atoms with Crippen molar-refractivity contribution in [3.63, 3.8) is 0 Å². The molecular weight excluding hydrogens is 469 g/mol. The zero-order valence-corrected chi connectivity index (χ0v) is 18.0. The number of rotatable bonds is 5. The maximum atomic E-state index is 13.3. The van der Waals surface area contributed by atoms with Gasteiger partial charge in [0.15, 0.2) is 0 Å². The molecule has 4 aromatic rings. The van der Waals surface area contributed by atoms with Crippen LogP contribution in [0.4, 0.5) is 18.0 Å². The molecule has 35 heavy (non-hydrogen) atoms. The highest BCUT2D eigenvalue weighted by Crippen LogP contribution is 2.33. The van der Waals surface area contributed by atoms with Crippen molar-refractivity contribution in [3.8, 4) is 22.7 Å². The molecule has 0 atom stereocenters. The number of nitrogens with zero attached hydrogens (tertiary/aromatic N) is 3. The molecule has 0 amide bonds. The first kappa shape index (κ1) is 23.5. The smallest absolute Gasteiger partial charge is 0.449 e. The van der Waals surface area contributed by atoms with Crippen LogP contribution in [0.25, 0.3) is 16.9 Å². The van der Waals surface area contributed by atoms with Crippen molar-refractivity contribution in [2.24, 2.45) is 0 Å². The fraction of sp³-hybridized carbons (Fsp3) is 0.130. The summed E-state index contributed by atoms with van der Waals surface area (Å²) in [5, 5.41) is 15.8. The van der Waals surface area contributed by atoms with Crippen LogP contribution in [0.15, 0.2) is 70.5 Å². The van der Waals surface area contributed by atoms with Crippen LogP contribution in [0, 0.1) is 6.92 Å². The molecule has 2 aromatic heterocycles. The summed E-state index contributed by atoms with van der Waals surface area (Å²) in [4.78, 5) is 37.2. The van der Waals surface area contributed by atoms with Crippen LogP contribution in [0.2, 0.25) is 0 Å². The van der Waals surface area contributed by atoms with E-state index in [1.807, 2.05) is 0 Å². The van der Waals surface area contributed by atoms with Crippen molar-refractivity contribution in [3.05, 3.63) is 98.5 Å². The molecule has 0 fully saturated rings. The van der Waals surface area contributed by atoms with E-state index in [4.69, 9.17) is 5.11 Å². The van der Waals surface area contributed by atoms with E-state index >= 15 is 0 Å². The van der Waals surface area contributed by atoms with Gasteiger partial charge < -0.3 is 9.84 Å². The SMILES string of the molecule is Cc1c(Cn2c(=O)c(OC(=O)O)cn(-c3ccc(-c4cc[nH]n4)cc3)c2=O)cccc1C(F)(F)F. The van der Waals surface area contributed by atoms with Crippen LogP contribution in [0.1, 0.15) is 16.7 Å². The molecule has 2 N–H and O–H groups in total. The van der Waals surface area contributed by atoms with E-state index in [-0.39, 0.29) is 16.8 Å². The molecule has 9 nitrogen and oxygen atoms in total. The van der Waals surface area contributed by atoms with E-state index in [1.165, 1.54) is 19.1 Å². The van der Waals surface area contributed by atoms with Crippen LogP contribution in [-0.2, 0) is 12.7 Å². The minimum atomic E-state index is -4.63. The van der Waals surface area contributed by atoms with Gasteiger partial charge in [0.2, 0.25) is 5.75 Å². The quantitative estimate of drug-likeness (QED) is 0.414. The van der Waals surface area contributed by atoms with Gasteiger partial charge in [-0.1, -0.05) is 24.3 Å². The summed E-state index contributed by atoms with van der Waals surface area (Å²) in [7, 11) is 0. The molecule has 2 heterocycles. The number of aromatic amines is 1. The molecular formula is C23H17F3N4O5. The second-order valence-corrected chi connectivity index (χ2v) is 7.50. The molecule has 0 aliphatic rings. The Morgan fingerprint density at radius 2 is 1.83 bits per heavy atom. The summed E-state index contributed by atoms with van der Waals surface area (Å²) in [6.07, 6.45) is -3.86. The molecule has 180 valence electrons. The van der Waals surface area contributed by atoms with Crippen molar-refractivity contribution in [2.45, 2.75) is 19.6 Å². The van der Waals surface area contributed by atoms with E-state index in [2.05, 4.69) is 14.9 Å². The number of carboxylic acid groups (broad SMARTS) is 1. The van der Waals surface area contributed by atoms with E-state index < -0.39 is 41.4 Å². The Hall–Kier alpha value is -4.61. The third kappa shape index (κ3) is 4.71. The van der Waals surface area contributed by atoms with E-state index in [9.17, 15) is 27.6 Å². The van der Waals surface area contributed by atoms with Gasteiger partial charge in [0.25, 0.3) is 5.56 Å². The van der Waals surface area contributed by atoms with Crippen molar-refractivity contribution in [1.29, 1.82) is 0 Å². The summed E-state index contributed by atoms with van der Waals surface area (Å²) >= 11 is 0. The molecule has 0 saturated carbocycles. The lowest BCUT2D eigenvalue weighted by molar-refractivity contribution is -0.138. The second-order valence-electron chi connectivity index (χ2n) is 7.50. The Bertz CT molecular complexity index is 1500. The number of carbonyl (C=O) groups is 1. The Morgan fingerprint density at radius 3 is 2.43 bits per heavy atom. The van der Waals surface area contributed by atoms with Crippen molar-refractivity contribution in [1.82, 2.24) is 19.3 Å². The highest BCUT2D eigenvalue weighted by atomic mass is 19.4. The Kier molecular flexibility index (Phi) is 6.03. The van der Waals surface area contributed by atoms with Gasteiger partial charge in [0.05, 0.1) is 29.7 Å². The van der Waals surface area contributed by atoms with Gasteiger partial charge in [-0.25, -0.2) is 9.59 Å². The molecule has 4 rings (SSSR count). The van der Waals surface area contributed by atoms with Crippen LogP contribution in [-0.4, -0.2) is 30.6 Å². The molecule has 0 unspecified atom stereocenters. The summed E-state index contributed by atoms with van der Waals surface area (Å²) in [5.41, 5.74) is -1.37. The zero-order chi connectivity index (χ0) is 25.3. The summed E-state index contributed by atoms with van der Waals surface area (Å²) in [5.74, 6) is -0.682. The Labute approximate surface area is 194 Å². The normalized spacial score (nSPS) is 11.4. The van der Waals surface area contributed by atoms with Gasteiger partial charge in [-0.05, 0) is 42.3 Å². The van der Waals surface area contributed by atoms with Gasteiger partial charge in [-0.3, -0.25) is 19.0 Å². The van der Waals surface area contributed by atoms with Gasteiger partial charge in [0.1, 0.15) is 0 Å². The third-order valence-electron chi connectivity index (χ3n) is 5.36. The van der Waals surface area contributed by atoms with Gasteiger partial charge in [0, 0.05) is 11.8 Å². The molecule has 0 radical (unpaired) electrons. The number of nitrogens with one attached hydrogen (secondary N) is 1. The maximum absolute atomic E-state index is 13.3. The first-order valence-electron chi connectivity index (χ1n) is 10.1. The monoisotopic (exact) mass is 486 g/mol. The predicted molar refractivity (Wildman–Crippen MR) is 118 cm³/mol. The predicted octanol–water partition coefficient (Wildman–Crippen LogP) is 3.82. The molecule has 0 spiro atoms. The number of H-pyrrole nitrogens is 1. The Balaban J connectivity index is 1.84. The number of alkyl halides is 3. The van der Waals surface area contributed by atoms with Gasteiger partial charge >= 0.3 is 18.0 Å². The summed E-state index contributed by atoms with van der Waals surface area (Å²) < 4.78 is 46.2. The van der Waals surface area contributed by atoms with Crippen LogP contribution >= 0.6 is 0 Å². The van der Waals surface area contributed by atoms with E-state index in [1.54, 1.807) is 36.5 Å². The molecule has 2 aromatic carbocycles. The minimum Gasteiger partial charge on any atom is -0.449 e. The largest absolute Gasteiger partial charge is 0.511 e. The maximum Gasteiger partial charge on any atom is 0.511 e. The van der Waals surface area contributed by atoms with Crippen molar-refractivity contribution >= 4 is 6.16 Å². The lowest BCUT2D eigenvalue weighted by Crippen LogP contribution is -2.40. The van der Waals surface area contributed by atoms with Crippen LogP contribution in [0.3, 0.4) is 0 Å². The van der Waals surface area contributed by atoms with Crippen molar-refractivity contribution < 1.29 is 27.8 Å². The number of halogens is 3. The van der Waals surface area contributed by atoms with Gasteiger partial charge in [-0.15, -0.1) is 0 Å². The zero-order valence-electron chi connectivity index (χ0n) is 18.0. The highest BCUT2D eigenvalue weighted by molar-refractivity contribution is 5.61. The first-order valence-corrected chi connectivity index (χ1v) is 10.1. The molecule has 12 heteroatoms. The lowest BCUT2D eigenvalue weighted by Gasteiger charge is -2.16. The number of aromatic nitrogens is 4. The van der Waals surface area contributed by atoms with Crippen LogP contribution < -0.4 is 16.0 Å². The average Bonchev–Trinajstić information content (AvgIpc) is 3.34. The Morgan fingerprint density at radius 1 is 1.11 bits per heavy atom. The van der Waals surface area contributed by atoms with E-state index in [0.717, 1.165) is 22.4 Å². The van der Waals surface area contributed by atoms with E-state index in [0.29, 0.717) is 10.3 Å². The molecule has 0 saturated heterocycles. The second kappa shape index (κ2) is 8.97. The number of hydrogen-bond acceptors (Lipinski definition) is 5. The van der Waals surface area contributed by atoms with Crippen LogP contribution in [0.5, 0.6) is 5.75 Å². The molecule has 0 aliphatic carbocycles. The standard InChI is InChI=1S/C23H17F3N4O5/c1-13-15(3-2-4-17(13)23(24,25)26)11-30-20(31)19(35-22(33)34)12-29(21(30)32)16-7-5-14(6-8-16)18-9-10-27-28-18/h2-10,12H,11H2,1H3,(H,27,28)(H,33,34). The summed E-state index contributed by atoms with van der Waals surface area (Å²) in [6.45, 7) is 0.697. The van der Waals surface area contributed by atoms with Gasteiger partial charge in [-0.2, -0.15) is 18.3 Å². The lowest BCUT2D eigenvalue weighted by atomic mass is 10.0. The average molecular weight is 486 g/mol. The number of ether oxygens (including phenoxy) is 1. The number of hydrogen-bond donors (Lipinski definition) is 2. The fourth-order valence-corrected chi connectivity index (χ4v) is 3.61. The highest BCUT2D eigenvalue weighted by Gasteiger charge is 2.33. The third-order valence-corrected chi connectivity index (χ3v) is 5.36. The summed E-state index contributed by atoms with van der Waals surface area (Å²) in [6, 6.07) is 11.5. The molecule has 0 aliphatic heterocycles. The molecule has 0 bridgehead atoms. The number of benzene rings is 2. The minimum absolute atomic E-state index is 0.0620. The topological polar surface area (TPSA) is 119 Å². The first-order chi connectivity index (χ1) is 16.6. The fourth-order valence-electron chi connectivity index (χ4n) is 3.61.